The van der Waals surface area contributed by atoms with E-state index in [2.05, 4.69) is 20.8 Å². The van der Waals surface area contributed by atoms with E-state index in [9.17, 15) is 18.0 Å². The summed E-state index contributed by atoms with van der Waals surface area (Å²) in [4.78, 5) is 13.5. The molecule has 0 radical (unpaired) electrons. The minimum atomic E-state index is -4.34. The third kappa shape index (κ3) is 7.12. The summed E-state index contributed by atoms with van der Waals surface area (Å²) in [6.07, 6.45) is 0.667. The molecule has 0 N–H and O–H groups in total. The topological polar surface area (TPSA) is 26.3 Å². The Kier molecular flexibility index (Phi) is 9.55. The van der Waals surface area contributed by atoms with E-state index in [1.807, 2.05) is 20.8 Å². The van der Waals surface area contributed by atoms with Crippen LogP contribution in [-0.2, 0) is 9.53 Å². The number of carbonyl (C=O) groups excluding carboxylic acids is 1. The van der Waals surface area contributed by atoms with Gasteiger partial charge in [0.05, 0.1) is 10.8 Å². The predicted octanol–water partition coefficient (Wildman–Crippen LogP) is 8.58. The molecule has 5 heteroatoms. The summed E-state index contributed by atoms with van der Waals surface area (Å²) in [5.41, 5.74) is -2.69. The van der Waals surface area contributed by atoms with E-state index in [-0.39, 0.29) is 29.6 Å². The van der Waals surface area contributed by atoms with Crippen molar-refractivity contribution in [3.63, 3.8) is 0 Å². The largest absolute Gasteiger partial charge is 0.462 e. The SMILES string of the molecule is CCC(C)C(C)(CC(OC(=O)C(C)(CC(C)(C)C)C(C)C)C1CCCCC1)C(F)(F)F. The van der Waals surface area contributed by atoms with Gasteiger partial charge in [0, 0.05) is 0 Å². The van der Waals surface area contributed by atoms with Crippen LogP contribution in [0.25, 0.3) is 0 Å². The van der Waals surface area contributed by atoms with Crippen LogP contribution in [0.1, 0.15) is 114 Å². The summed E-state index contributed by atoms with van der Waals surface area (Å²) in [5.74, 6) is -0.825. The van der Waals surface area contributed by atoms with Crippen molar-refractivity contribution >= 4 is 5.97 Å². The van der Waals surface area contributed by atoms with Gasteiger partial charge in [0.2, 0.25) is 0 Å². The first-order valence-corrected chi connectivity index (χ1v) is 12.3. The van der Waals surface area contributed by atoms with Crippen LogP contribution in [-0.4, -0.2) is 18.2 Å². The highest BCUT2D eigenvalue weighted by Gasteiger charge is 2.56. The fourth-order valence-corrected chi connectivity index (χ4v) is 5.16. The third-order valence-electron chi connectivity index (χ3n) is 8.05. The molecule has 0 heterocycles. The zero-order valence-electron chi connectivity index (χ0n) is 21.4. The minimum absolute atomic E-state index is 0.00878. The highest BCUT2D eigenvalue weighted by atomic mass is 19.4. The number of alkyl halides is 3. The summed E-state index contributed by atoms with van der Waals surface area (Å²) < 4.78 is 48.9. The number of esters is 1. The molecule has 0 spiro atoms. The first kappa shape index (κ1) is 28.3. The Hall–Kier alpha value is -0.740. The van der Waals surface area contributed by atoms with Crippen molar-refractivity contribution < 1.29 is 22.7 Å². The molecule has 1 aliphatic carbocycles. The van der Waals surface area contributed by atoms with Gasteiger partial charge in [-0.1, -0.05) is 81.1 Å². The quantitative estimate of drug-likeness (QED) is 0.330. The summed E-state index contributed by atoms with van der Waals surface area (Å²) in [6.45, 7) is 17.0. The first-order chi connectivity index (χ1) is 14.0. The fourth-order valence-electron chi connectivity index (χ4n) is 5.16. The van der Waals surface area contributed by atoms with Crippen LogP contribution in [0.2, 0.25) is 0 Å². The summed E-state index contributed by atoms with van der Waals surface area (Å²) in [7, 11) is 0. The predicted molar refractivity (Wildman–Crippen MR) is 122 cm³/mol. The van der Waals surface area contributed by atoms with Gasteiger partial charge in [0.15, 0.2) is 0 Å². The smallest absolute Gasteiger partial charge is 0.394 e. The van der Waals surface area contributed by atoms with E-state index in [4.69, 9.17) is 4.74 Å². The van der Waals surface area contributed by atoms with Gasteiger partial charge in [-0.2, -0.15) is 13.2 Å². The lowest BCUT2D eigenvalue weighted by atomic mass is 9.68. The van der Waals surface area contributed by atoms with E-state index in [1.165, 1.54) is 6.92 Å². The molecule has 1 fully saturated rings. The van der Waals surface area contributed by atoms with Crippen molar-refractivity contribution in [1.82, 2.24) is 0 Å². The van der Waals surface area contributed by atoms with Crippen molar-refractivity contribution in [2.75, 3.05) is 0 Å². The molecule has 31 heavy (non-hydrogen) atoms. The van der Waals surface area contributed by atoms with Crippen LogP contribution in [0.5, 0.6) is 0 Å². The van der Waals surface area contributed by atoms with Crippen LogP contribution in [0.4, 0.5) is 13.2 Å². The number of halogens is 3. The van der Waals surface area contributed by atoms with Gasteiger partial charge in [-0.25, -0.2) is 0 Å². The second kappa shape index (κ2) is 10.5. The van der Waals surface area contributed by atoms with Crippen molar-refractivity contribution in [3.05, 3.63) is 0 Å². The number of ether oxygens (including phenoxy) is 1. The Bertz CT molecular complexity index is 572. The molecular formula is C26H47F3O2. The Morgan fingerprint density at radius 2 is 1.48 bits per heavy atom. The standard InChI is InChI=1S/C26H47F3O2/c1-10-19(4)25(9,26(27,28)29)16-21(20-14-12-11-13-15-20)31-22(30)24(8,18(2)3)17-23(5,6)7/h18-21H,10-17H2,1-9H3. The Labute approximate surface area is 189 Å². The zero-order chi connectivity index (χ0) is 24.3. The summed E-state index contributed by atoms with van der Waals surface area (Å²) in [6, 6.07) is 0. The lowest BCUT2D eigenvalue weighted by molar-refractivity contribution is -0.248. The van der Waals surface area contributed by atoms with Crippen LogP contribution < -0.4 is 0 Å². The maximum atomic E-state index is 14.3. The number of rotatable bonds is 9. The number of hydrogen-bond donors (Lipinski definition) is 0. The lowest BCUT2D eigenvalue weighted by Crippen LogP contribution is -2.47. The van der Waals surface area contributed by atoms with Crippen molar-refractivity contribution in [2.24, 2.45) is 34.0 Å². The Morgan fingerprint density at radius 3 is 1.87 bits per heavy atom. The molecule has 0 aromatic rings. The summed E-state index contributed by atoms with van der Waals surface area (Å²) in [5, 5.41) is 0. The highest BCUT2D eigenvalue weighted by Crippen LogP contribution is 2.51. The van der Waals surface area contributed by atoms with Crippen LogP contribution in [0.3, 0.4) is 0 Å². The van der Waals surface area contributed by atoms with Crippen LogP contribution in [0.15, 0.2) is 0 Å². The maximum absolute atomic E-state index is 14.3. The zero-order valence-corrected chi connectivity index (χ0v) is 21.4. The van der Waals surface area contributed by atoms with E-state index < -0.39 is 29.0 Å². The molecule has 1 rings (SSSR count). The maximum Gasteiger partial charge on any atom is 0.394 e. The highest BCUT2D eigenvalue weighted by molar-refractivity contribution is 5.77. The van der Waals surface area contributed by atoms with Crippen molar-refractivity contribution in [3.8, 4) is 0 Å². The normalized spacial score (nSPS) is 22.5. The third-order valence-corrected chi connectivity index (χ3v) is 8.05. The van der Waals surface area contributed by atoms with E-state index in [1.54, 1.807) is 13.8 Å². The molecule has 0 aliphatic heterocycles. The minimum Gasteiger partial charge on any atom is -0.462 e. The molecule has 0 aromatic carbocycles. The van der Waals surface area contributed by atoms with Crippen LogP contribution in [0, 0.1) is 34.0 Å². The van der Waals surface area contributed by atoms with Crippen LogP contribution >= 0.6 is 0 Å². The summed E-state index contributed by atoms with van der Waals surface area (Å²) >= 11 is 0. The first-order valence-electron chi connectivity index (χ1n) is 12.3. The Balaban J connectivity index is 3.28. The van der Waals surface area contributed by atoms with Gasteiger partial charge < -0.3 is 4.74 Å². The lowest BCUT2D eigenvalue weighted by Gasteiger charge is -2.44. The molecule has 184 valence electrons. The molecule has 1 saturated carbocycles. The van der Waals surface area contributed by atoms with E-state index in [0.717, 1.165) is 32.1 Å². The van der Waals surface area contributed by atoms with Gasteiger partial charge in [0.25, 0.3) is 0 Å². The molecule has 0 saturated heterocycles. The molecular weight excluding hydrogens is 401 g/mol. The molecule has 0 amide bonds. The average Bonchev–Trinajstić information content (AvgIpc) is 2.64. The second-order valence-electron chi connectivity index (χ2n) is 12.1. The molecule has 4 atom stereocenters. The van der Waals surface area contributed by atoms with Gasteiger partial charge in [-0.3, -0.25) is 4.79 Å². The van der Waals surface area contributed by atoms with E-state index in [0.29, 0.717) is 12.8 Å². The molecule has 4 unspecified atom stereocenters. The van der Waals surface area contributed by atoms with Gasteiger partial charge in [-0.15, -0.1) is 0 Å². The van der Waals surface area contributed by atoms with Crippen molar-refractivity contribution in [2.45, 2.75) is 126 Å². The number of carbonyl (C=O) groups is 1. The van der Waals surface area contributed by atoms with Gasteiger partial charge in [0.1, 0.15) is 6.10 Å². The van der Waals surface area contributed by atoms with E-state index >= 15 is 0 Å². The van der Waals surface area contributed by atoms with Crippen molar-refractivity contribution in [1.29, 1.82) is 0 Å². The molecule has 0 aromatic heterocycles. The Morgan fingerprint density at radius 1 is 0.968 bits per heavy atom. The monoisotopic (exact) mass is 448 g/mol. The molecule has 2 nitrogen and oxygen atoms in total. The fraction of sp³-hybridized carbons (Fsp3) is 0.962. The van der Waals surface area contributed by atoms with Gasteiger partial charge >= 0.3 is 12.1 Å². The average molecular weight is 449 g/mol. The number of hydrogen-bond acceptors (Lipinski definition) is 2. The second-order valence-corrected chi connectivity index (χ2v) is 12.1. The van der Waals surface area contributed by atoms with Gasteiger partial charge in [-0.05, 0) is 55.8 Å². The molecule has 0 bridgehead atoms. The molecule has 1 aliphatic rings.